The number of hydrogen-bond acceptors (Lipinski definition) is 3. The first kappa shape index (κ1) is 13.2. The second-order valence-electron chi connectivity index (χ2n) is 4.50. The first-order valence-corrected chi connectivity index (χ1v) is 7.16. The minimum atomic E-state index is -0.206. The molecule has 104 valence electrons. The Balaban J connectivity index is 2.14. The first-order valence-electron chi connectivity index (χ1n) is 6.37. The highest BCUT2D eigenvalue weighted by atomic mass is 79.9. The highest BCUT2D eigenvalue weighted by Crippen LogP contribution is 2.31. The lowest BCUT2D eigenvalue weighted by Crippen LogP contribution is -2.21. The number of nitrogens with one attached hydrogen (secondary N) is 3. The number of imidazole rings is 1. The van der Waals surface area contributed by atoms with Crippen LogP contribution in [0.1, 0.15) is 24.3 Å². The Kier molecular flexibility index (Phi) is 3.50. The average Bonchev–Trinajstić information content (AvgIpc) is 3.03. The first-order chi connectivity index (χ1) is 9.69. The molecule has 0 fully saturated rings. The van der Waals surface area contributed by atoms with Crippen molar-refractivity contribution in [3.8, 4) is 0 Å². The molecule has 0 aliphatic heterocycles. The van der Waals surface area contributed by atoms with Crippen molar-refractivity contribution in [3.05, 3.63) is 56.8 Å². The molecular formula is C14H14BrN3O2. The minimum Gasteiger partial charge on any atom is -0.467 e. The summed E-state index contributed by atoms with van der Waals surface area (Å²) in [5.74, 6) is 0.838. The Hall–Kier alpha value is -1.79. The Morgan fingerprint density at radius 3 is 2.75 bits per heavy atom. The summed E-state index contributed by atoms with van der Waals surface area (Å²) in [5, 5.41) is 3.39. The molecule has 0 saturated heterocycles. The highest BCUT2D eigenvalue weighted by Gasteiger charge is 2.19. The molecule has 0 bridgehead atoms. The maximum atomic E-state index is 11.4. The summed E-state index contributed by atoms with van der Waals surface area (Å²) in [6.45, 7) is 2.85. The Morgan fingerprint density at radius 2 is 2.10 bits per heavy atom. The van der Waals surface area contributed by atoms with Gasteiger partial charge in [0.05, 0.1) is 23.3 Å². The van der Waals surface area contributed by atoms with Gasteiger partial charge in [-0.1, -0.05) is 22.9 Å². The van der Waals surface area contributed by atoms with Gasteiger partial charge in [-0.25, -0.2) is 4.79 Å². The number of halogens is 1. The van der Waals surface area contributed by atoms with E-state index in [4.69, 9.17) is 4.42 Å². The van der Waals surface area contributed by atoms with Crippen molar-refractivity contribution in [2.75, 3.05) is 6.54 Å². The van der Waals surface area contributed by atoms with Gasteiger partial charge in [-0.05, 0) is 36.4 Å². The maximum Gasteiger partial charge on any atom is 0.323 e. The van der Waals surface area contributed by atoms with Crippen LogP contribution < -0.4 is 11.0 Å². The Bertz CT molecular complexity index is 773. The lowest BCUT2D eigenvalue weighted by molar-refractivity contribution is 0.451. The molecule has 3 aromatic rings. The van der Waals surface area contributed by atoms with Gasteiger partial charge in [0.15, 0.2) is 0 Å². The van der Waals surface area contributed by atoms with E-state index < -0.39 is 0 Å². The number of H-pyrrole nitrogens is 2. The largest absolute Gasteiger partial charge is 0.467 e. The van der Waals surface area contributed by atoms with E-state index in [1.165, 1.54) is 0 Å². The van der Waals surface area contributed by atoms with Gasteiger partial charge in [0.2, 0.25) is 0 Å². The van der Waals surface area contributed by atoms with E-state index in [9.17, 15) is 4.79 Å². The monoisotopic (exact) mass is 335 g/mol. The number of benzene rings is 1. The van der Waals surface area contributed by atoms with Gasteiger partial charge >= 0.3 is 5.69 Å². The molecule has 2 heterocycles. The van der Waals surface area contributed by atoms with Crippen LogP contribution in [0.2, 0.25) is 0 Å². The summed E-state index contributed by atoms with van der Waals surface area (Å²) in [5.41, 5.74) is 2.37. The fraction of sp³-hybridized carbons (Fsp3) is 0.214. The number of aromatic nitrogens is 2. The van der Waals surface area contributed by atoms with Crippen molar-refractivity contribution in [1.82, 2.24) is 15.3 Å². The minimum absolute atomic E-state index is 0.0628. The summed E-state index contributed by atoms with van der Waals surface area (Å²) < 4.78 is 6.43. The van der Waals surface area contributed by atoms with Crippen molar-refractivity contribution < 1.29 is 4.42 Å². The van der Waals surface area contributed by atoms with Crippen LogP contribution in [0.25, 0.3) is 11.0 Å². The predicted molar refractivity (Wildman–Crippen MR) is 80.8 cm³/mol. The summed E-state index contributed by atoms with van der Waals surface area (Å²) in [4.78, 5) is 16.9. The van der Waals surface area contributed by atoms with Gasteiger partial charge in [-0.3, -0.25) is 0 Å². The number of hydrogen-bond donors (Lipinski definition) is 3. The third-order valence-corrected chi connectivity index (χ3v) is 3.87. The van der Waals surface area contributed by atoms with E-state index in [1.807, 2.05) is 31.2 Å². The Labute approximate surface area is 123 Å². The molecule has 0 spiro atoms. The van der Waals surface area contributed by atoms with Crippen LogP contribution in [0.3, 0.4) is 0 Å². The van der Waals surface area contributed by atoms with Crippen molar-refractivity contribution in [1.29, 1.82) is 0 Å². The maximum absolute atomic E-state index is 11.4. The van der Waals surface area contributed by atoms with E-state index >= 15 is 0 Å². The van der Waals surface area contributed by atoms with E-state index in [0.29, 0.717) is 0 Å². The van der Waals surface area contributed by atoms with Gasteiger partial charge in [0.25, 0.3) is 0 Å². The van der Waals surface area contributed by atoms with Crippen LogP contribution in [-0.2, 0) is 0 Å². The molecule has 6 heteroatoms. The standard InChI is InChI=1S/C14H14BrN3O2/c1-2-16-13(12-4-3-5-20-12)8-6-10-11(7-9(8)15)18-14(19)17-10/h3-7,13,16H,2H2,1H3,(H2,17,18,19). The zero-order chi connectivity index (χ0) is 14.1. The van der Waals surface area contributed by atoms with Crippen LogP contribution >= 0.6 is 15.9 Å². The fourth-order valence-electron chi connectivity index (χ4n) is 2.32. The van der Waals surface area contributed by atoms with Gasteiger partial charge < -0.3 is 19.7 Å². The molecule has 0 saturated carbocycles. The molecule has 3 N–H and O–H groups in total. The Morgan fingerprint density at radius 1 is 1.35 bits per heavy atom. The van der Waals surface area contributed by atoms with Gasteiger partial charge in [-0.15, -0.1) is 0 Å². The van der Waals surface area contributed by atoms with E-state index in [2.05, 4.69) is 31.2 Å². The summed E-state index contributed by atoms with van der Waals surface area (Å²) in [7, 11) is 0. The van der Waals surface area contributed by atoms with Crippen molar-refractivity contribution in [2.45, 2.75) is 13.0 Å². The number of rotatable bonds is 4. The molecular weight excluding hydrogens is 322 g/mol. The molecule has 0 amide bonds. The molecule has 0 aliphatic carbocycles. The molecule has 5 nitrogen and oxygen atoms in total. The van der Waals surface area contributed by atoms with E-state index in [0.717, 1.165) is 33.4 Å². The molecule has 20 heavy (non-hydrogen) atoms. The lowest BCUT2D eigenvalue weighted by Gasteiger charge is -2.17. The zero-order valence-electron chi connectivity index (χ0n) is 10.9. The second kappa shape index (κ2) is 5.30. The summed E-state index contributed by atoms with van der Waals surface area (Å²) >= 11 is 3.57. The lowest BCUT2D eigenvalue weighted by atomic mass is 10.0. The predicted octanol–water partition coefficient (Wildman–Crippen LogP) is 2.91. The van der Waals surface area contributed by atoms with Gasteiger partial charge in [0.1, 0.15) is 5.76 Å². The molecule has 0 aliphatic rings. The van der Waals surface area contributed by atoms with Crippen molar-refractivity contribution >= 4 is 27.0 Å². The third-order valence-electron chi connectivity index (χ3n) is 3.18. The molecule has 1 unspecified atom stereocenters. The molecule has 2 aromatic heterocycles. The van der Waals surface area contributed by atoms with Crippen LogP contribution in [0.4, 0.5) is 0 Å². The summed E-state index contributed by atoms with van der Waals surface area (Å²) in [6, 6.07) is 7.59. The molecule has 1 aromatic carbocycles. The van der Waals surface area contributed by atoms with E-state index in [1.54, 1.807) is 6.26 Å². The zero-order valence-corrected chi connectivity index (χ0v) is 12.5. The number of aromatic amines is 2. The van der Waals surface area contributed by atoms with Crippen molar-refractivity contribution in [3.63, 3.8) is 0 Å². The van der Waals surface area contributed by atoms with Crippen LogP contribution in [0.15, 0.2) is 44.2 Å². The number of furan rings is 1. The number of fused-ring (bicyclic) bond motifs is 1. The fourth-order valence-corrected chi connectivity index (χ4v) is 2.89. The SMILES string of the molecule is CCNC(c1ccco1)c1cc2[nH]c(=O)[nH]c2cc1Br. The third kappa shape index (κ3) is 2.32. The second-order valence-corrected chi connectivity index (χ2v) is 5.36. The average molecular weight is 336 g/mol. The molecule has 3 rings (SSSR count). The van der Waals surface area contributed by atoms with E-state index in [-0.39, 0.29) is 11.7 Å². The normalized spacial score (nSPS) is 12.9. The van der Waals surface area contributed by atoms with Crippen LogP contribution in [0, 0.1) is 0 Å². The topological polar surface area (TPSA) is 73.8 Å². The summed E-state index contributed by atoms with van der Waals surface area (Å²) in [6.07, 6.45) is 1.66. The smallest absolute Gasteiger partial charge is 0.323 e. The van der Waals surface area contributed by atoms with Crippen LogP contribution in [0.5, 0.6) is 0 Å². The van der Waals surface area contributed by atoms with Gasteiger partial charge in [0, 0.05) is 4.47 Å². The quantitative estimate of drug-likeness (QED) is 0.686. The molecule has 1 atom stereocenters. The van der Waals surface area contributed by atoms with Gasteiger partial charge in [-0.2, -0.15) is 0 Å². The highest BCUT2D eigenvalue weighted by molar-refractivity contribution is 9.10. The van der Waals surface area contributed by atoms with Crippen molar-refractivity contribution in [2.24, 2.45) is 0 Å². The van der Waals surface area contributed by atoms with Crippen LogP contribution in [-0.4, -0.2) is 16.5 Å². The molecule has 0 radical (unpaired) electrons.